The average Bonchev–Trinajstić information content (AvgIpc) is 2.81. The highest BCUT2D eigenvalue weighted by molar-refractivity contribution is 5.73. The number of aliphatic carboxylic acids is 6. The minimum absolute atomic E-state index is 0.179. The number of hydrogen-bond donors (Lipinski definition) is 6. The van der Waals surface area contributed by atoms with Gasteiger partial charge in [0.1, 0.15) is 0 Å². The fourth-order valence-corrected chi connectivity index (χ4v) is 8.74. The number of carboxylic acids is 6. The number of rotatable bonds is 24. The molecule has 0 saturated carbocycles. The molecule has 0 radical (unpaired) electrons. The van der Waals surface area contributed by atoms with Crippen molar-refractivity contribution in [3.63, 3.8) is 0 Å². The Hall–Kier alpha value is -3.30. The maximum Gasteiger partial charge on any atom is 0.317 e. The van der Waals surface area contributed by atoms with Crippen LogP contribution in [0.5, 0.6) is 0 Å². The van der Waals surface area contributed by atoms with Crippen molar-refractivity contribution in [2.75, 3.05) is 32.7 Å². The zero-order valence-corrected chi connectivity index (χ0v) is 31.4. The average molecular weight is 704 g/mol. The summed E-state index contributed by atoms with van der Waals surface area (Å²) in [4.78, 5) is 75.6. The molecule has 0 amide bonds. The first-order valence-corrected chi connectivity index (χ1v) is 16.3. The van der Waals surface area contributed by atoms with Crippen LogP contribution in [0.1, 0.15) is 109 Å². The van der Waals surface area contributed by atoms with Gasteiger partial charge in [-0.1, -0.05) is 27.7 Å². The summed E-state index contributed by atoms with van der Waals surface area (Å²) in [6.45, 7) is 19.2. The van der Waals surface area contributed by atoms with Gasteiger partial charge in [0.15, 0.2) is 0 Å². The van der Waals surface area contributed by atoms with Crippen LogP contribution in [0.3, 0.4) is 0 Å². The van der Waals surface area contributed by atoms with E-state index in [2.05, 4.69) is 0 Å². The molecule has 0 aliphatic rings. The Balaban J connectivity index is 6.89. The Morgan fingerprint density at radius 3 is 0.959 bits per heavy atom. The Morgan fingerprint density at radius 1 is 0.408 bits per heavy atom. The van der Waals surface area contributed by atoms with Gasteiger partial charge in [-0.25, -0.2) is 0 Å². The quantitative estimate of drug-likeness (QED) is 0.0840. The standard InChI is InChI=1S/C34H61N3O12/c1-29(2,19-31(5,6)35(14-24(40)41)15-25(42)43)22(13-23(38)39)30(3,4)20-33(9,10)37(18-28(48)49)34(11,12)21-32(7,8)36(16-26(44)45)17-27(46)47/h22H,13-21H2,1-12H3,(H,38,39)(H,40,41)(H,42,43)(H,44,45)(H,46,47)(H,48,49). The molecule has 15 nitrogen and oxygen atoms in total. The van der Waals surface area contributed by atoms with Crippen molar-refractivity contribution in [2.45, 2.75) is 131 Å². The van der Waals surface area contributed by atoms with E-state index < -0.39 is 107 Å². The van der Waals surface area contributed by atoms with Gasteiger partial charge in [0.05, 0.1) is 32.7 Å². The fraction of sp³-hybridized carbons (Fsp3) is 0.824. The molecule has 284 valence electrons. The second kappa shape index (κ2) is 16.6. The second-order valence-corrected chi connectivity index (χ2v) is 17.2. The van der Waals surface area contributed by atoms with Gasteiger partial charge in [0.2, 0.25) is 0 Å². The monoisotopic (exact) mass is 703 g/mol. The highest BCUT2D eigenvalue weighted by Gasteiger charge is 2.51. The number of carbonyl (C=O) groups is 6. The third kappa shape index (κ3) is 14.6. The molecule has 1 unspecified atom stereocenters. The summed E-state index contributed by atoms with van der Waals surface area (Å²) in [6.07, 6.45) is 0.447. The van der Waals surface area contributed by atoms with E-state index in [0.29, 0.717) is 6.42 Å². The van der Waals surface area contributed by atoms with E-state index in [1.54, 1.807) is 32.6 Å². The molecule has 0 saturated heterocycles. The molecule has 49 heavy (non-hydrogen) atoms. The molecule has 0 aliphatic heterocycles. The predicted octanol–water partition coefficient (Wildman–Crippen LogP) is 3.74. The SMILES string of the molecule is CC(C)(CC(C)(C)N(CC(=O)O)CC(=O)O)C(CC(=O)O)C(C)(C)CC(C)(C)N(CC(=O)O)C(C)(C)CC(C)(C)N(CC(=O)O)CC(=O)O. The van der Waals surface area contributed by atoms with Crippen LogP contribution in [0.4, 0.5) is 0 Å². The van der Waals surface area contributed by atoms with Gasteiger partial charge in [-0.3, -0.25) is 43.5 Å². The highest BCUT2D eigenvalue weighted by atomic mass is 16.4. The lowest BCUT2D eigenvalue weighted by atomic mass is 9.57. The molecule has 1 atom stereocenters. The van der Waals surface area contributed by atoms with Crippen molar-refractivity contribution >= 4 is 35.8 Å². The fourth-order valence-electron chi connectivity index (χ4n) is 8.74. The molecule has 0 aromatic heterocycles. The molecule has 15 heteroatoms. The van der Waals surface area contributed by atoms with Crippen LogP contribution < -0.4 is 0 Å². The number of nitrogens with zero attached hydrogens (tertiary/aromatic N) is 3. The highest BCUT2D eigenvalue weighted by Crippen LogP contribution is 2.52. The molecule has 6 N–H and O–H groups in total. The second-order valence-electron chi connectivity index (χ2n) is 17.2. The van der Waals surface area contributed by atoms with Crippen molar-refractivity contribution in [3.8, 4) is 0 Å². The van der Waals surface area contributed by atoms with E-state index >= 15 is 0 Å². The molecule has 0 heterocycles. The minimum atomic E-state index is -1.21. The zero-order chi connectivity index (χ0) is 39.1. The van der Waals surface area contributed by atoms with Gasteiger partial charge in [0, 0.05) is 28.6 Å². The minimum Gasteiger partial charge on any atom is -0.481 e. The third-order valence-corrected chi connectivity index (χ3v) is 9.68. The van der Waals surface area contributed by atoms with E-state index in [1.165, 1.54) is 9.80 Å². The Kier molecular flexibility index (Phi) is 15.5. The molecule has 0 bridgehead atoms. The first-order valence-electron chi connectivity index (χ1n) is 16.3. The predicted molar refractivity (Wildman–Crippen MR) is 182 cm³/mol. The summed E-state index contributed by atoms with van der Waals surface area (Å²) in [5, 5.41) is 58.1. The molecule has 0 aromatic rings. The lowest BCUT2D eigenvalue weighted by Gasteiger charge is -2.56. The van der Waals surface area contributed by atoms with Gasteiger partial charge in [-0.15, -0.1) is 0 Å². The van der Waals surface area contributed by atoms with Crippen LogP contribution in [0.2, 0.25) is 0 Å². The summed E-state index contributed by atoms with van der Waals surface area (Å²) in [6, 6.07) is 0. The van der Waals surface area contributed by atoms with E-state index in [4.69, 9.17) is 0 Å². The van der Waals surface area contributed by atoms with Gasteiger partial charge < -0.3 is 30.6 Å². The Morgan fingerprint density at radius 2 is 0.673 bits per heavy atom. The van der Waals surface area contributed by atoms with Crippen molar-refractivity contribution in [3.05, 3.63) is 0 Å². The van der Waals surface area contributed by atoms with Crippen molar-refractivity contribution in [1.29, 1.82) is 0 Å². The van der Waals surface area contributed by atoms with Crippen LogP contribution in [-0.2, 0) is 28.8 Å². The molecule has 0 aromatic carbocycles. The van der Waals surface area contributed by atoms with Gasteiger partial charge >= 0.3 is 35.8 Å². The third-order valence-electron chi connectivity index (χ3n) is 9.68. The first-order chi connectivity index (χ1) is 21.7. The van der Waals surface area contributed by atoms with Crippen LogP contribution in [0.25, 0.3) is 0 Å². The van der Waals surface area contributed by atoms with Crippen LogP contribution in [-0.4, -0.2) is 136 Å². The number of hydrogen-bond acceptors (Lipinski definition) is 9. The van der Waals surface area contributed by atoms with Crippen molar-refractivity contribution < 1.29 is 59.4 Å². The first kappa shape index (κ1) is 45.7. The summed E-state index contributed by atoms with van der Waals surface area (Å²) in [5.41, 5.74) is -5.40. The van der Waals surface area contributed by atoms with Crippen LogP contribution in [0.15, 0.2) is 0 Å². The Bertz CT molecular complexity index is 1100. The number of carboxylic acid groups (broad SMARTS) is 6. The van der Waals surface area contributed by atoms with Gasteiger partial charge in [-0.05, 0) is 91.4 Å². The largest absolute Gasteiger partial charge is 0.481 e. The Labute approximate surface area is 290 Å². The normalized spacial score (nSPS) is 14.3. The van der Waals surface area contributed by atoms with Gasteiger partial charge in [-0.2, -0.15) is 0 Å². The lowest BCUT2D eigenvalue weighted by Crippen LogP contribution is -2.63. The van der Waals surface area contributed by atoms with E-state index in [0.717, 1.165) is 0 Å². The maximum absolute atomic E-state index is 12.3. The van der Waals surface area contributed by atoms with Gasteiger partial charge in [0.25, 0.3) is 0 Å². The lowest BCUT2D eigenvalue weighted by molar-refractivity contribution is -0.148. The van der Waals surface area contributed by atoms with Crippen LogP contribution >= 0.6 is 0 Å². The summed E-state index contributed by atoms with van der Waals surface area (Å²) in [5.74, 6) is -7.55. The summed E-state index contributed by atoms with van der Waals surface area (Å²) in [7, 11) is 0. The molecule has 0 spiro atoms. The van der Waals surface area contributed by atoms with Crippen molar-refractivity contribution in [2.24, 2.45) is 16.7 Å². The van der Waals surface area contributed by atoms with E-state index in [9.17, 15) is 59.4 Å². The smallest absolute Gasteiger partial charge is 0.317 e. The zero-order valence-electron chi connectivity index (χ0n) is 31.4. The molecular weight excluding hydrogens is 642 g/mol. The van der Waals surface area contributed by atoms with E-state index in [-0.39, 0.29) is 19.3 Å². The van der Waals surface area contributed by atoms with Crippen LogP contribution in [0, 0.1) is 16.7 Å². The molecule has 0 rings (SSSR count). The van der Waals surface area contributed by atoms with Crippen molar-refractivity contribution in [1.82, 2.24) is 14.7 Å². The summed E-state index contributed by atoms with van der Waals surface area (Å²) < 4.78 is 0. The molecule has 0 aliphatic carbocycles. The molecule has 0 fully saturated rings. The van der Waals surface area contributed by atoms with E-state index in [1.807, 2.05) is 55.4 Å². The maximum atomic E-state index is 12.3. The summed E-state index contributed by atoms with van der Waals surface area (Å²) >= 11 is 0. The topological polar surface area (TPSA) is 234 Å². The molecular formula is C34H61N3O12.